The Bertz CT molecular complexity index is 322. The third-order valence-electron chi connectivity index (χ3n) is 1.41. The van der Waals surface area contributed by atoms with Crippen molar-refractivity contribution in [1.82, 2.24) is 9.97 Å². The van der Waals surface area contributed by atoms with E-state index in [2.05, 4.69) is 9.97 Å². The summed E-state index contributed by atoms with van der Waals surface area (Å²) in [6, 6.07) is 1.43. The van der Waals surface area contributed by atoms with Crippen molar-refractivity contribution in [2.75, 3.05) is 0 Å². The van der Waals surface area contributed by atoms with Gasteiger partial charge in [-0.05, 0) is 0 Å². The van der Waals surface area contributed by atoms with E-state index in [0.717, 1.165) is 12.4 Å². The number of halogens is 1. The van der Waals surface area contributed by atoms with Crippen LogP contribution in [0.2, 0.25) is 0 Å². The largest absolute Gasteiger partial charge is 0.384 e. The van der Waals surface area contributed by atoms with Crippen LogP contribution in [-0.2, 0) is 0 Å². The summed E-state index contributed by atoms with van der Waals surface area (Å²) in [6.07, 6.45) is -1.89. The number of aliphatic hydroxyl groups excluding tert-OH is 2. The van der Waals surface area contributed by atoms with Crippen molar-refractivity contribution >= 4 is 0 Å². The number of hydrogen-bond acceptors (Lipinski definition) is 5. The molecule has 1 rings (SSSR count). The molecule has 0 aromatic carbocycles. The van der Waals surface area contributed by atoms with E-state index >= 15 is 0 Å². The van der Waals surface area contributed by atoms with Gasteiger partial charge in [-0.1, -0.05) is 0 Å². The Balaban J connectivity index is 2.84. The Kier molecular flexibility index (Phi) is 2.84. The smallest absolute Gasteiger partial charge is 0.308 e. The minimum absolute atomic E-state index is 0.0930. The highest BCUT2D eigenvalue weighted by Gasteiger charge is 2.18. The second kappa shape index (κ2) is 3.89. The summed E-state index contributed by atoms with van der Waals surface area (Å²) in [5.74, 6) is 0. The molecule has 0 radical (unpaired) electrons. The number of rotatable bonds is 2. The predicted octanol–water partition coefficient (Wildman–Crippen LogP) is -0.466. The van der Waals surface area contributed by atoms with Crippen LogP contribution < -0.4 is 0 Å². The average Bonchev–Trinajstić information content (AvgIpc) is 2.17. The van der Waals surface area contributed by atoms with E-state index in [1.165, 1.54) is 6.07 Å². The molecule has 0 saturated carbocycles. The summed E-state index contributed by atoms with van der Waals surface area (Å²) >= 11 is 0. The lowest BCUT2D eigenvalue weighted by atomic mass is 10.1. The number of aliphatic hydroxyl groups is 2. The molecule has 2 atom stereocenters. The summed E-state index contributed by atoms with van der Waals surface area (Å²) in [6.45, 7) is 0. The van der Waals surface area contributed by atoms with Crippen molar-refractivity contribution < 1.29 is 14.6 Å². The summed E-state index contributed by atoms with van der Waals surface area (Å²) < 4.78 is 12.2. The number of nitrogens with zero attached hydrogens (tertiary/aromatic N) is 3. The molecule has 2 N–H and O–H groups in total. The van der Waals surface area contributed by atoms with E-state index in [0.29, 0.717) is 0 Å². The molecule has 1 heterocycles. The van der Waals surface area contributed by atoms with Crippen LogP contribution in [0.3, 0.4) is 0 Å². The van der Waals surface area contributed by atoms with E-state index in [1.54, 1.807) is 0 Å². The van der Waals surface area contributed by atoms with Crippen molar-refractivity contribution in [3.8, 4) is 6.07 Å². The molecule has 68 valence electrons. The Morgan fingerprint density at radius 1 is 1.38 bits per heavy atom. The summed E-state index contributed by atoms with van der Waals surface area (Å²) in [5, 5.41) is 26.3. The maximum atomic E-state index is 12.2. The molecular weight excluding hydrogens is 177 g/mol. The third kappa shape index (κ3) is 2.18. The lowest BCUT2D eigenvalue weighted by Crippen LogP contribution is -2.16. The molecule has 0 fully saturated rings. The van der Waals surface area contributed by atoms with E-state index in [9.17, 15) is 9.50 Å². The molecule has 0 amide bonds. The highest BCUT2D eigenvalue weighted by atomic mass is 19.1. The highest BCUT2D eigenvalue weighted by Crippen LogP contribution is 2.13. The van der Waals surface area contributed by atoms with Gasteiger partial charge in [0.2, 0.25) is 0 Å². The van der Waals surface area contributed by atoms with Gasteiger partial charge in [-0.15, -0.1) is 0 Å². The van der Waals surface area contributed by atoms with Gasteiger partial charge in [0, 0.05) is 18.0 Å². The molecule has 0 saturated heterocycles. The maximum absolute atomic E-state index is 12.2. The van der Waals surface area contributed by atoms with Crippen LogP contribution in [-0.4, -0.2) is 26.3 Å². The number of aromatic nitrogens is 2. The van der Waals surface area contributed by atoms with Crippen LogP contribution in [0.15, 0.2) is 12.4 Å². The van der Waals surface area contributed by atoms with Crippen molar-refractivity contribution in [3.05, 3.63) is 24.0 Å². The SMILES string of the molecule is N#CC(O)C(O)c1cnc(F)nc1. The van der Waals surface area contributed by atoms with E-state index in [4.69, 9.17) is 10.4 Å². The predicted molar refractivity (Wildman–Crippen MR) is 38.6 cm³/mol. The molecular formula is C7H6FN3O2. The monoisotopic (exact) mass is 183 g/mol. The normalized spacial score (nSPS) is 14.6. The first-order valence-electron chi connectivity index (χ1n) is 3.38. The van der Waals surface area contributed by atoms with Gasteiger partial charge >= 0.3 is 6.08 Å². The second-order valence-corrected chi connectivity index (χ2v) is 2.30. The van der Waals surface area contributed by atoms with Crippen molar-refractivity contribution in [3.63, 3.8) is 0 Å². The van der Waals surface area contributed by atoms with E-state index in [1.807, 2.05) is 0 Å². The molecule has 2 unspecified atom stereocenters. The minimum Gasteiger partial charge on any atom is -0.384 e. The van der Waals surface area contributed by atoms with Crippen molar-refractivity contribution in [2.24, 2.45) is 0 Å². The average molecular weight is 183 g/mol. The van der Waals surface area contributed by atoms with Gasteiger partial charge in [0.1, 0.15) is 6.10 Å². The minimum atomic E-state index is -1.56. The topological polar surface area (TPSA) is 90.0 Å². The van der Waals surface area contributed by atoms with Crippen molar-refractivity contribution in [1.29, 1.82) is 5.26 Å². The quantitative estimate of drug-likeness (QED) is 0.478. The fourth-order valence-electron chi connectivity index (χ4n) is 0.728. The Morgan fingerprint density at radius 3 is 2.38 bits per heavy atom. The van der Waals surface area contributed by atoms with Crippen LogP contribution in [0.5, 0.6) is 0 Å². The number of hydrogen-bond donors (Lipinski definition) is 2. The van der Waals surface area contributed by atoms with Gasteiger partial charge < -0.3 is 10.2 Å². The van der Waals surface area contributed by atoms with Crippen LogP contribution in [0.25, 0.3) is 0 Å². The highest BCUT2D eigenvalue weighted by molar-refractivity contribution is 5.11. The van der Waals surface area contributed by atoms with Crippen LogP contribution in [0.4, 0.5) is 4.39 Å². The molecule has 1 aromatic rings. The molecule has 0 bridgehead atoms. The Morgan fingerprint density at radius 2 is 1.92 bits per heavy atom. The number of nitriles is 1. The fraction of sp³-hybridized carbons (Fsp3) is 0.286. The zero-order valence-electron chi connectivity index (χ0n) is 6.42. The van der Waals surface area contributed by atoms with Crippen LogP contribution in [0.1, 0.15) is 11.7 Å². The summed E-state index contributed by atoms with van der Waals surface area (Å²) in [7, 11) is 0. The second-order valence-electron chi connectivity index (χ2n) is 2.30. The molecule has 6 heteroatoms. The maximum Gasteiger partial charge on any atom is 0.308 e. The zero-order valence-corrected chi connectivity index (χ0v) is 6.42. The lowest BCUT2D eigenvalue weighted by Gasteiger charge is -2.09. The van der Waals surface area contributed by atoms with E-state index in [-0.39, 0.29) is 5.56 Å². The lowest BCUT2D eigenvalue weighted by molar-refractivity contribution is 0.0521. The van der Waals surface area contributed by atoms with Crippen LogP contribution in [0, 0.1) is 17.4 Å². The third-order valence-corrected chi connectivity index (χ3v) is 1.41. The van der Waals surface area contributed by atoms with Gasteiger partial charge in [-0.25, -0.2) is 9.97 Å². The standard InChI is InChI=1S/C7H6FN3O2/c8-7-10-2-4(3-11-7)6(13)5(12)1-9/h2-3,5-6,12-13H. The van der Waals surface area contributed by atoms with Gasteiger partial charge in [0.05, 0.1) is 6.07 Å². The van der Waals surface area contributed by atoms with Gasteiger partial charge in [-0.3, -0.25) is 0 Å². The molecule has 0 aliphatic rings. The molecule has 0 aliphatic carbocycles. The van der Waals surface area contributed by atoms with Crippen molar-refractivity contribution in [2.45, 2.75) is 12.2 Å². The molecule has 0 aliphatic heterocycles. The molecule has 1 aromatic heterocycles. The van der Waals surface area contributed by atoms with Gasteiger partial charge in [0.15, 0.2) is 6.10 Å². The zero-order chi connectivity index (χ0) is 9.84. The first kappa shape index (κ1) is 9.51. The summed E-state index contributed by atoms with van der Waals surface area (Å²) in [4.78, 5) is 6.32. The Hall–Kier alpha value is -1.58. The Labute approximate surface area is 73.1 Å². The van der Waals surface area contributed by atoms with Gasteiger partial charge in [-0.2, -0.15) is 9.65 Å². The van der Waals surface area contributed by atoms with Crippen LogP contribution >= 0.6 is 0 Å². The molecule has 5 nitrogen and oxygen atoms in total. The van der Waals surface area contributed by atoms with E-state index < -0.39 is 18.3 Å². The fourth-order valence-corrected chi connectivity index (χ4v) is 0.728. The first-order valence-corrected chi connectivity index (χ1v) is 3.38. The van der Waals surface area contributed by atoms with Gasteiger partial charge in [0.25, 0.3) is 0 Å². The molecule has 13 heavy (non-hydrogen) atoms. The summed E-state index contributed by atoms with van der Waals surface area (Å²) in [5.41, 5.74) is 0.0930. The first-order chi connectivity index (χ1) is 6.15. The molecule has 0 spiro atoms.